The highest BCUT2D eigenvalue weighted by atomic mass is 16.3. The highest BCUT2D eigenvalue weighted by molar-refractivity contribution is 6.01. The summed E-state index contributed by atoms with van der Waals surface area (Å²) in [5, 5.41) is 2.15. The Kier molecular flexibility index (Phi) is 6.93. The van der Waals surface area contributed by atoms with Crippen molar-refractivity contribution in [1.82, 2.24) is 9.97 Å². The Morgan fingerprint density at radius 2 is 1.36 bits per heavy atom. The Morgan fingerprint density at radius 3 is 2.21 bits per heavy atom. The molecule has 6 aromatic carbocycles. The summed E-state index contributed by atoms with van der Waals surface area (Å²) in [7, 11) is 0. The summed E-state index contributed by atoms with van der Waals surface area (Å²) in [6, 6.07) is 45.4. The van der Waals surface area contributed by atoms with Crippen LogP contribution in [0.2, 0.25) is 0 Å². The van der Waals surface area contributed by atoms with Crippen molar-refractivity contribution in [2.24, 2.45) is 0 Å². The van der Waals surface area contributed by atoms with Crippen LogP contribution in [0.15, 0.2) is 138 Å². The van der Waals surface area contributed by atoms with Gasteiger partial charge in [-0.3, -0.25) is 4.90 Å². The minimum atomic E-state index is -0.127. The minimum absolute atomic E-state index is 0.127. The number of allylic oxidation sites excluding steroid dienone is 1. The van der Waals surface area contributed by atoms with E-state index in [2.05, 4.69) is 159 Å². The molecular weight excluding hydrogens is 647 g/mol. The van der Waals surface area contributed by atoms with E-state index in [1.807, 2.05) is 25.1 Å². The molecule has 0 amide bonds. The predicted octanol–water partition coefficient (Wildman–Crippen LogP) is 13.3. The van der Waals surface area contributed by atoms with E-state index < -0.39 is 0 Å². The maximum Gasteiger partial charge on any atom is 0.235 e. The number of hydrogen-bond donors (Lipinski definition) is 0. The highest BCUT2D eigenvalue weighted by Crippen LogP contribution is 2.53. The third kappa shape index (κ3) is 4.75. The van der Waals surface area contributed by atoms with Crippen LogP contribution in [0.4, 0.5) is 17.3 Å². The van der Waals surface area contributed by atoms with Gasteiger partial charge in [-0.25, -0.2) is 9.97 Å². The lowest BCUT2D eigenvalue weighted by Gasteiger charge is -2.28. The van der Waals surface area contributed by atoms with E-state index in [9.17, 15) is 0 Å². The summed E-state index contributed by atoms with van der Waals surface area (Å²) >= 11 is 0. The molecule has 0 bridgehead atoms. The molecule has 8 aromatic rings. The monoisotopic (exact) mass is 683 g/mol. The molecule has 0 fully saturated rings. The lowest BCUT2D eigenvalue weighted by atomic mass is 9.82. The number of furan rings is 1. The topological polar surface area (TPSA) is 42.2 Å². The number of para-hydroxylation sites is 2. The summed E-state index contributed by atoms with van der Waals surface area (Å²) in [5.41, 5.74) is 16.4. The summed E-state index contributed by atoms with van der Waals surface area (Å²) in [4.78, 5) is 13.0. The normalized spacial score (nSPS) is 14.0. The van der Waals surface area contributed by atoms with Crippen LogP contribution in [0.5, 0.6) is 0 Å². The Morgan fingerprint density at radius 1 is 0.623 bits per heavy atom. The van der Waals surface area contributed by atoms with Gasteiger partial charge in [0.2, 0.25) is 5.95 Å². The quantitative estimate of drug-likeness (QED) is 0.185. The number of aromatic nitrogens is 2. The van der Waals surface area contributed by atoms with Crippen LogP contribution in [-0.4, -0.2) is 9.97 Å². The first-order valence-electron chi connectivity index (χ1n) is 18.3. The molecule has 0 N–H and O–H groups in total. The van der Waals surface area contributed by atoms with Crippen LogP contribution in [0.3, 0.4) is 0 Å². The van der Waals surface area contributed by atoms with Crippen LogP contribution in [0, 0.1) is 6.92 Å². The van der Waals surface area contributed by atoms with Gasteiger partial charge < -0.3 is 4.42 Å². The van der Waals surface area contributed by atoms with Crippen molar-refractivity contribution in [3.8, 4) is 33.5 Å². The molecule has 254 valence electrons. The van der Waals surface area contributed by atoms with E-state index in [1.54, 1.807) is 0 Å². The Bertz CT molecular complexity index is 2840. The van der Waals surface area contributed by atoms with Crippen LogP contribution < -0.4 is 4.90 Å². The van der Waals surface area contributed by atoms with Crippen molar-refractivity contribution in [3.05, 3.63) is 167 Å². The lowest BCUT2D eigenvalue weighted by Crippen LogP contribution is -2.17. The van der Waals surface area contributed by atoms with Crippen molar-refractivity contribution in [1.29, 1.82) is 0 Å². The van der Waals surface area contributed by atoms with Gasteiger partial charge in [-0.2, -0.15) is 0 Å². The first kappa shape index (κ1) is 31.2. The maximum atomic E-state index is 6.49. The lowest BCUT2D eigenvalue weighted by molar-refractivity contribution is 0.602. The average molecular weight is 684 g/mol. The summed E-state index contributed by atoms with van der Waals surface area (Å²) in [5.74, 6) is 1.53. The van der Waals surface area contributed by atoms with E-state index in [-0.39, 0.29) is 5.41 Å². The zero-order chi connectivity index (χ0) is 35.8. The second-order valence-corrected chi connectivity index (χ2v) is 14.6. The number of anilines is 3. The molecule has 1 aliphatic heterocycles. The molecule has 0 saturated carbocycles. The number of hydrogen-bond acceptors (Lipinski definition) is 4. The molecule has 0 unspecified atom stereocenters. The van der Waals surface area contributed by atoms with Gasteiger partial charge in [-0.15, -0.1) is 0 Å². The fraction of sp³-hybridized carbons (Fsp3) is 0.102. The standard InChI is InChI=1S/C49H37N3O/c1-5-14-45-30(2)35-19-13-20-36(47(35)53-45)32-25-26-43-33(27-32)23-24-34-28-41-39(37-17-9-11-21-40(37)49(41,3)4)29-44(34)52(43)48-50-42-22-12-10-18-38(42)46(51-48)31-15-7-6-8-16-31/h5-29H,1-4H3. The third-order valence-corrected chi connectivity index (χ3v) is 11.2. The number of fused-ring (bicyclic) bond motifs is 7. The molecule has 3 heterocycles. The zero-order valence-electron chi connectivity index (χ0n) is 30.2. The molecule has 4 nitrogen and oxygen atoms in total. The highest BCUT2D eigenvalue weighted by Gasteiger charge is 2.37. The second-order valence-electron chi connectivity index (χ2n) is 14.6. The van der Waals surface area contributed by atoms with Crippen molar-refractivity contribution >= 4 is 57.4 Å². The van der Waals surface area contributed by atoms with E-state index in [4.69, 9.17) is 14.4 Å². The average Bonchev–Trinajstić information content (AvgIpc) is 3.55. The Balaban J connectivity index is 1.23. The van der Waals surface area contributed by atoms with Gasteiger partial charge in [0, 0.05) is 32.9 Å². The van der Waals surface area contributed by atoms with Gasteiger partial charge in [0.15, 0.2) is 0 Å². The van der Waals surface area contributed by atoms with Crippen molar-refractivity contribution < 1.29 is 4.42 Å². The predicted molar refractivity (Wildman–Crippen MR) is 221 cm³/mol. The van der Waals surface area contributed by atoms with Crippen LogP contribution in [0.25, 0.3) is 73.6 Å². The number of aryl methyl sites for hydroxylation is 1. The number of nitrogens with zero attached hydrogens (tertiary/aromatic N) is 3. The molecule has 0 spiro atoms. The first-order valence-corrected chi connectivity index (χ1v) is 18.3. The van der Waals surface area contributed by atoms with Gasteiger partial charge in [-0.05, 0) is 89.2 Å². The first-order chi connectivity index (χ1) is 25.9. The van der Waals surface area contributed by atoms with Crippen molar-refractivity contribution in [2.75, 3.05) is 4.90 Å². The number of rotatable bonds is 4. The molecule has 0 saturated heterocycles. The SMILES string of the molecule is CC=Cc1oc2c(-c3ccc4c(c3)C=Cc3cc5c(cc3N4c3nc(-c4ccccc4)c4ccccc4n3)-c3ccccc3C5(C)C)cccc2c1C. The van der Waals surface area contributed by atoms with Gasteiger partial charge in [-0.1, -0.05) is 129 Å². The van der Waals surface area contributed by atoms with Gasteiger partial charge in [0.25, 0.3) is 0 Å². The summed E-state index contributed by atoms with van der Waals surface area (Å²) in [6.45, 7) is 8.82. The Hall–Kier alpha value is -6.52. The van der Waals surface area contributed by atoms with Crippen LogP contribution >= 0.6 is 0 Å². The van der Waals surface area contributed by atoms with E-state index in [0.29, 0.717) is 5.95 Å². The van der Waals surface area contributed by atoms with Crippen LogP contribution in [0.1, 0.15) is 54.3 Å². The molecule has 2 aromatic heterocycles. The molecule has 4 heteroatoms. The van der Waals surface area contributed by atoms with E-state index in [0.717, 1.165) is 78.1 Å². The molecule has 1 aliphatic carbocycles. The van der Waals surface area contributed by atoms with Crippen molar-refractivity contribution in [3.63, 3.8) is 0 Å². The van der Waals surface area contributed by atoms with Gasteiger partial charge in [0.05, 0.1) is 22.6 Å². The van der Waals surface area contributed by atoms with Crippen molar-refractivity contribution in [2.45, 2.75) is 33.1 Å². The summed E-state index contributed by atoms with van der Waals surface area (Å²) in [6.07, 6.45) is 8.57. The fourth-order valence-corrected chi connectivity index (χ4v) is 8.44. The molecule has 0 radical (unpaired) electrons. The maximum absolute atomic E-state index is 6.49. The molecule has 10 rings (SSSR count). The van der Waals surface area contributed by atoms with Crippen LogP contribution in [-0.2, 0) is 5.41 Å². The van der Waals surface area contributed by atoms with Gasteiger partial charge >= 0.3 is 0 Å². The molecule has 53 heavy (non-hydrogen) atoms. The van der Waals surface area contributed by atoms with Gasteiger partial charge in [0.1, 0.15) is 11.3 Å². The number of benzene rings is 6. The van der Waals surface area contributed by atoms with E-state index >= 15 is 0 Å². The van der Waals surface area contributed by atoms with E-state index in [1.165, 1.54) is 22.3 Å². The smallest absolute Gasteiger partial charge is 0.235 e. The molecule has 0 atom stereocenters. The summed E-state index contributed by atoms with van der Waals surface area (Å²) < 4.78 is 6.49. The molecule has 2 aliphatic rings. The second kappa shape index (κ2) is 11.8. The third-order valence-electron chi connectivity index (χ3n) is 11.2. The minimum Gasteiger partial charge on any atom is -0.456 e. The fourth-order valence-electron chi connectivity index (χ4n) is 8.44. The largest absolute Gasteiger partial charge is 0.456 e. The molecular formula is C49H37N3O. The zero-order valence-corrected chi connectivity index (χ0v) is 30.2. The Labute approximate surface area is 309 Å².